The van der Waals surface area contributed by atoms with E-state index >= 15 is 0 Å². The zero-order chi connectivity index (χ0) is 17.6. The first-order valence-corrected chi connectivity index (χ1v) is 8.81. The number of benzene rings is 1. The van der Waals surface area contributed by atoms with Crippen LogP contribution in [0.4, 0.5) is 0 Å². The van der Waals surface area contributed by atoms with Gasteiger partial charge in [-0.05, 0) is 64.7 Å². The standard InChI is InChI=1S/C19H30N2O3/c1-19(2,3)21-18(22)13-24-16-10-9-14(11-17(16)23-4)12-20-15-7-5-6-8-15/h9-11,15,20H,5-8,12-13H2,1-4H3,(H,21,22)/p+1. The molecule has 0 aromatic heterocycles. The molecular formula is C19H31N2O3+. The molecule has 1 fully saturated rings. The fourth-order valence-corrected chi connectivity index (χ4v) is 3.05. The van der Waals surface area contributed by atoms with Gasteiger partial charge in [0.2, 0.25) is 0 Å². The molecule has 3 N–H and O–H groups in total. The molecule has 1 saturated carbocycles. The first kappa shape index (κ1) is 18.6. The molecule has 1 aliphatic carbocycles. The molecule has 0 saturated heterocycles. The van der Waals surface area contributed by atoms with Crippen LogP contribution >= 0.6 is 0 Å². The molecule has 24 heavy (non-hydrogen) atoms. The summed E-state index contributed by atoms with van der Waals surface area (Å²) in [6.07, 6.45) is 5.35. The first-order chi connectivity index (χ1) is 11.4. The van der Waals surface area contributed by atoms with Gasteiger partial charge in [0.1, 0.15) is 6.54 Å². The van der Waals surface area contributed by atoms with Gasteiger partial charge in [-0.1, -0.05) is 0 Å². The molecule has 1 amide bonds. The molecule has 2 rings (SSSR count). The highest BCUT2D eigenvalue weighted by atomic mass is 16.5. The van der Waals surface area contributed by atoms with Crippen molar-refractivity contribution in [1.82, 2.24) is 5.32 Å². The lowest BCUT2D eigenvalue weighted by Crippen LogP contribution is -2.87. The van der Waals surface area contributed by atoms with Crippen molar-refractivity contribution in [1.29, 1.82) is 0 Å². The van der Waals surface area contributed by atoms with Gasteiger partial charge in [-0.25, -0.2) is 0 Å². The van der Waals surface area contributed by atoms with E-state index in [4.69, 9.17) is 9.47 Å². The van der Waals surface area contributed by atoms with Gasteiger partial charge in [0.05, 0.1) is 13.2 Å². The number of rotatable bonds is 7. The third kappa shape index (κ3) is 6.04. The number of hydrogen-bond acceptors (Lipinski definition) is 3. The van der Waals surface area contributed by atoms with Crippen LogP contribution in [0.2, 0.25) is 0 Å². The van der Waals surface area contributed by atoms with Crippen molar-refractivity contribution >= 4 is 5.91 Å². The maximum absolute atomic E-state index is 11.9. The van der Waals surface area contributed by atoms with Crippen molar-refractivity contribution in [2.24, 2.45) is 0 Å². The average Bonchev–Trinajstić information content (AvgIpc) is 3.03. The summed E-state index contributed by atoms with van der Waals surface area (Å²) in [7, 11) is 1.63. The number of quaternary nitrogens is 1. The zero-order valence-electron chi connectivity index (χ0n) is 15.4. The highest BCUT2D eigenvalue weighted by Gasteiger charge is 2.18. The molecule has 0 bridgehead atoms. The summed E-state index contributed by atoms with van der Waals surface area (Å²) < 4.78 is 11.0. The minimum absolute atomic E-state index is 0.0127. The number of hydrogen-bond donors (Lipinski definition) is 2. The maximum atomic E-state index is 11.9. The second-order valence-electron chi connectivity index (χ2n) is 7.56. The third-order valence-corrected chi connectivity index (χ3v) is 4.19. The van der Waals surface area contributed by atoms with E-state index < -0.39 is 0 Å². The fraction of sp³-hybridized carbons (Fsp3) is 0.632. The third-order valence-electron chi connectivity index (χ3n) is 4.19. The lowest BCUT2D eigenvalue weighted by molar-refractivity contribution is -0.703. The lowest BCUT2D eigenvalue weighted by atomic mass is 10.1. The van der Waals surface area contributed by atoms with Crippen molar-refractivity contribution < 1.29 is 19.6 Å². The number of amides is 1. The van der Waals surface area contributed by atoms with E-state index in [0.717, 1.165) is 12.6 Å². The number of nitrogens with one attached hydrogen (secondary N) is 1. The highest BCUT2D eigenvalue weighted by molar-refractivity contribution is 5.78. The maximum Gasteiger partial charge on any atom is 0.258 e. The van der Waals surface area contributed by atoms with E-state index in [1.807, 2.05) is 39.0 Å². The molecule has 0 heterocycles. The minimum Gasteiger partial charge on any atom is -0.493 e. The van der Waals surface area contributed by atoms with Crippen LogP contribution in [0.1, 0.15) is 52.0 Å². The van der Waals surface area contributed by atoms with E-state index in [2.05, 4.69) is 10.6 Å². The van der Waals surface area contributed by atoms with Crippen molar-refractivity contribution in [2.45, 2.75) is 64.6 Å². The topological polar surface area (TPSA) is 64.2 Å². The van der Waals surface area contributed by atoms with E-state index in [9.17, 15) is 4.79 Å². The summed E-state index contributed by atoms with van der Waals surface area (Å²) >= 11 is 0. The van der Waals surface area contributed by atoms with Crippen molar-refractivity contribution in [3.05, 3.63) is 23.8 Å². The largest absolute Gasteiger partial charge is 0.493 e. The van der Waals surface area contributed by atoms with Gasteiger partial charge < -0.3 is 20.1 Å². The van der Waals surface area contributed by atoms with Gasteiger partial charge in [0, 0.05) is 11.1 Å². The van der Waals surface area contributed by atoms with Gasteiger partial charge in [0.15, 0.2) is 18.1 Å². The smallest absolute Gasteiger partial charge is 0.258 e. The van der Waals surface area contributed by atoms with Crippen LogP contribution in [-0.4, -0.2) is 31.2 Å². The van der Waals surface area contributed by atoms with Gasteiger partial charge in [-0.15, -0.1) is 0 Å². The number of carbonyl (C=O) groups is 1. The van der Waals surface area contributed by atoms with Crippen LogP contribution in [0.3, 0.4) is 0 Å². The van der Waals surface area contributed by atoms with E-state index in [-0.39, 0.29) is 18.1 Å². The minimum atomic E-state index is -0.259. The van der Waals surface area contributed by atoms with E-state index in [1.54, 1.807) is 7.11 Å². The Hall–Kier alpha value is -1.75. The van der Waals surface area contributed by atoms with Gasteiger partial charge >= 0.3 is 0 Å². The monoisotopic (exact) mass is 335 g/mol. The molecule has 5 heteroatoms. The molecule has 0 spiro atoms. The van der Waals surface area contributed by atoms with Crippen LogP contribution in [0, 0.1) is 0 Å². The lowest BCUT2D eigenvalue weighted by Gasteiger charge is -2.20. The summed E-state index contributed by atoms with van der Waals surface area (Å²) in [6, 6.07) is 6.70. The Morgan fingerprint density at radius 1 is 1.25 bits per heavy atom. The summed E-state index contributed by atoms with van der Waals surface area (Å²) in [6.45, 7) is 6.77. The van der Waals surface area contributed by atoms with Crippen molar-refractivity contribution in [3.8, 4) is 11.5 Å². The van der Waals surface area contributed by atoms with Gasteiger partial charge in [-0.3, -0.25) is 4.79 Å². The fourth-order valence-electron chi connectivity index (χ4n) is 3.05. The Morgan fingerprint density at radius 2 is 1.96 bits per heavy atom. The number of carbonyl (C=O) groups excluding carboxylic acids is 1. The molecule has 0 aliphatic heterocycles. The van der Waals surface area contributed by atoms with Crippen molar-refractivity contribution in [3.63, 3.8) is 0 Å². The quantitative estimate of drug-likeness (QED) is 0.801. The Bertz CT molecular complexity index is 546. The molecule has 1 aliphatic rings. The second-order valence-corrected chi connectivity index (χ2v) is 7.56. The second kappa shape index (κ2) is 8.38. The molecule has 0 unspecified atom stereocenters. The van der Waals surface area contributed by atoms with E-state index in [0.29, 0.717) is 11.5 Å². The number of methoxy groups -OCH3 is 1. The van der Waals surface area contributed by atoms with Crippen LogP contribution in [0.5, 0.6) is 11.5 Å². The van der Waals surface area contributed by atoms with Crippen LogP contribution < -0.4 is 20.1 Å². The van der Waals surface area contributed by atoms with Crippen molar-refractivity contribution in [2.75, 3.05) is 13.7 Å². The van der Waals surface area contributed by atoms with Crippen LogP contribution in [-0.2, 0) is 11.3 Å². The Balaban J connectivity index is 1.89. The summed E-state index contributed by atoms with van der Waals surface area (Å²) in [5, 5.41) is 5.30. The van der Waals surface area contributed by atoms with Gasteiger partial charge in [-0.2, -0.15) is 0 Å². The first-order valence-electron chi connectivity index (χ1n) is 8.81. The summed E-state index contributed by atoms with van der Waals surface area (Å²) in [5.74, 6) is 1.14. The molecule has 1 aromatic rings. The summed E-state index contributed by atoms with van der Waals surface area (Å²) in [5.41, 5.74) is 0.954. The number of ether oxygens (including phenoxy) is 2. The molecular weight excluding hydrogens is 304 g/mol. The Labute approximate surface area is 145 Å². The Morgan fingerprint density at radius 3 is 2.58 bits per heavy atom. The normalized spacial score (nSPS) is 15.3. The molecule has 0 atom stereocenters. The molecule has 1 aromatic carbocycles. The molecule has 134 valence electrons. The highest BCUT2D eigenvalue weighted by Crippen LogP contribution is 2.28. The average molecular weight is 335 g/mol. The molecule has 0 radical (unpaired) electrons. The Kier molecular flexibility index (Phi) is 6.49. The van der Waals surface area contributed by atoms with Crippen LogP contribution in [0.15, 0.2) is 18.2 Å². The summed E-state index contributed by atoms with van der Waals surface area (Å²) in [4.78, 5) is 11.9. The number of nitrogens with two attached hydrogens (primary N) is 1. The zero-order valence-corrected chi connectivity index (χ0v) is 15.4. The van der Waals surface area contributed by atoms with Gasteiger partial charge in [0.25, 0.3) is 5.91 Å². The van der Waals surface area contributed by atoms with E-state index in [1.165, 1.54) is 31.2 Å². The predicted octanol–water partition coefficient (Wildman–Crippen LogP) is 1.99. The predicted molar refractivity (Wildman–Crippen MR) is 94.3 cm³/mol. The SMILES string of the molecule is COc1cc(C[NH2+]C2CCCC2)ccc1OCC(=O)NC(C)(C)C. The van der Waals surface area contributed by atoms with Crippen LogP contribution in [0.25, 0.3) is 0 Å². The molecule has 5 nitrogen and oxygen atoms in total.